The van der Waals surface area contributed by atoms with E-state index in [0.717, 1.165) is 23.8 Å². The Morgan fingerprint density at radius 1 is 1.58 bits per heavy atom. The van der Waals surface area contributed by atoms with Gasteiger partial charge in [-0.2, -0.15) is 0 Å². The average molecular weight is 165 g/mol. The summed E-state index contributed by atoms with van der Waals surface area (Å²) in [5.74, 6) is 2.02. The molecule has 0 atom stereocenters. The van der Waals surface area contributed by atoms with Gasteiger partial charge in [-0.1, -0.05) is 6.92 Å². The van der Waals surface area contributed by atoms with Gasteiger partial charge < -0.3 is 10.3 Å². The highest BCUT2D eigenvalue weighted by Gasteiger charge is 2.28. The van der Waals surface area contributed by atoms with Crippen molar-refractivity contribution in [2.75, 3.05) is 5.73 Å². The van der Waals surface area contributed by atoms with E-state index in [0.29, 0.717) is 6.04 Å². The third-order valence-corrected chi connectivity index (χ3v) is 2.43. The summed E-state index contributed by atoms with van der Waals surface area (Å²) in [7, 11) is 0. The lowest BCUT2D eigenvalue weighted by Gasteiger charge is -2.05. The molecule has 3 nitrogen and oxygen atoms in total. The third-order valence-electron chi connectivity index (χ3n) is 2.43. The Bertz CT molecular complexity index is 297. The molecular formula is C9H15N3. The lowest BCUT2D eigenvalue weighted by molar-refractivity contribution is 0.696. The highest BCUT2D eigenvalue weighted by molar-refractivity contribution is 5.38. The molecule has 1 aromatic heterocycles. The zero-order valence-corrected chi connectivity index (χ0v) is 7.67. The summed E-state index contributed by atoms with van der Waals surface area (Å²) in [6, 6.07) is 0.654. The summed E-state index contributed by atoms with van der Waals surface area (Å²) >= 11 is 0. The number of rotatable bonds is 2. The zero-order valence-electron chi connectivity index (χ0n) is 7.67. The Morgan fingerprint density at radius 2 is 2.25 bits per heavy atom. The first-order chi connectivity index (χ1) is 5.74. The highest BCUT2D eigenvalue weighted by Crippen LogP contribution is 2.38. The van der Waals surface area contributed by atoms with Crippen molar-refractivity contribution in [2.45, 2.75) is 39.2 Å². The van der Waals surface area contributed by atoms with Gasteiger partial charge in [-0.05, 0) is 19.8 Å². The smallest absolute Gasteiger partial charge is 0.126 e. The molecule has 1 aliphatic rings. The van der Waals surface area contributed by atoms with Gasteiger partial charge >= 0.3 is 0 Å². The average Bonchev–Trinajstić information content (AvgIpc) is 2.82. The summed E-state index contributed by atoms with van der Waals surface area (Å²) in [6.45, 7) is 4.10. The number of imidazole rings is 1. The van der Waals surface area contributed by atoms with E-state index in [1.165, 1.54) is 12.8 Å². The number of nitrogens with zero attached hydrogens (tertiary/aromatic N) is 2. The first-order valence-electron chi connectivity index (χ1n) is 4.57. The molecule has 0 bridgehead atoms. The van der Waals surface area contributed by atoms with Crippen LogP contribution in [0.2, 0.25) is 0 Å². The van der Waals surface area contributed by atoms with Crippen molar-refractivity contribution in [1.29, 1.82) is 0 Å². The van der Waals surface area contributed by atoms with Gasteiger partial charge in [0.25, 0.3) is 0 Å². The molecular weight excluding hydrogens is 150 g/mol. The Morgan fingerprint density at radius 3 is 2.75 bits per heavy atom. The fourth-order valence-electron chi connectivity index (χ4n) is 1.61. The number of nitrogen functional groups attached to an aromatic ring is 1. The van der Waals surface area contributed by atoms with Crippen LogP contribution >= 0.6 is 0 Å². The van der Waals surface area contributed by atoms with E-state index < -0.39 is 0 Å². The predicted octanol–water partition coefficient (Wildman–Crippen LogP) is 1.67. The Hall–Kier alpha value is -0.990. The summed E-state index contributed by atoms with van der Waals surface area (Å²) < 4.78 is 2.20. The van der Waals surface area contributed by atoms with E-state index in [2.05, 4.69) is 16.5 Å². The summed E-state index contributed by atoms with van der Waals surface area (Å²) in [5, 5.41) is 0. The maximum atomic E-state index is 5.92. The zero-order chi connectivity index (χ0) is 8.72. The minimum atomic E-state index is 0.654. The number of anilines is 1. The number of aryl methyl sites for hydroxylation is 2. The molecule has 1 aromatic rings. The van der Waals surface area contributed by atoms with E-state index in [4.69, 9.17) is 5.73 Å². The Balaban J connectivity index is 2.46. The van der Waals surface area contributed by atoms with Crippen LogP contribution in [0, 0.1) is 6.92 Å². The quantitative estimate of drug-likeness (QED) is 0.724. The molecule has 1 saturated carbocycles. The first kappa shape index (κ1) is 7.65. The van der Waals surface area contributed by atoms with Crippen molar-refractivity contribution >= 4 is 5.82 Å². The molecule has 2 rings (SSSR count). The van der Waals surface area contributed by atoms with E-state index >= 15 is 0 Å². The van der Waals surface area contributed by atoms with Gasteiger partial charge in [0, 0.05) is 12.5 Å². The lowest BCUT2D eigenvalue weighted by atomic mass is 10.4. The summed E-state index contributed by atoms with van der Waals surface area (Å²) in [6.07, 6.45) is 3.52. The van der Waals surface area contributed by atoms with E-state index in [-0.39, 0.29) is 0 Å². The van der Waals surface area contributed by atoms with E-state index in [9.17, 15) is 0 Å². The fourth-order valence-corrected chi connectivity index (χ4v) is 1.61. The molecule has 0 unspecified atom stereocenters. The minimum absolute atomic E-state index is 0.654. The van der Waals surface area contributed by atoms with Crippen LogP contribution in [0.15, 0.2) is 0 Å². The van der Waals surface area contributed by atoms with Crippen LogP contribution in [0.5, 0.6) is 0 Å². The van der Waals surface area contributed by atoms with Gasteiger partial charge in [0.1, 0.15) is 11.6 Å². The van der Waals surface area contributed by atoms with Crippen LogP contribution in [0.1, 0.15) is 37.3 Å². The third kappa shape index (κ3) is 1.00. The number of nitrogens with two attached hydrogens (primary N) is 1. The van der Waals surface area contributed by atoms with Crippen LogP contribution in [-0.2, 0) is 6.42 Å². The fraction of sp³-hybridized carbons (Fsp3) is 0.667. The van der Waals surface area contributed by atoms with Crippen molar-refractivity contribution < 1.29 is 0 Å². The second kappa shape index (κ2) is 2.51. The minimum Gasteiger partial charge on any atom is -0.384 e. The van der Waals surface area contributed by atoms with Crippen molar-refractivity contribution in [2.24, 2.45) is 0 Å². The van der Waals surface area contributed by atoms with E-state index in [1.807, 2.05) is 6.92 Å². The molecule has 3 heteroatoms. The van der Waals surface area contributed by atoms with Gasteiger partial charge in [-0.25, -0.2) is 4.98 Å². The standard InChI is InChI=1S/C9H15N3/c1-3-8-11-6(2)9(10)12(8)7-4-5-7/h7H,3-5,10H2,1-2H3. The highest BCUT2D eigenvalue weighted by atomic mass is 15.2. The second-order valence-corrected chi connectivity index (χ2v) is 3.45. The topological polar surface area (TPSA) is 43.8 Å². The lowest BCUT2D eigenvalue weighted by Crippen LogP contribution is -2.04. The van der Waals surface area contributed by atoms with Crippen LogP contribution in [0.3, 0.4) is 0 Å². The summed E-state index contributed by atoms with van der Waals surface area (Å²) in [5.41, 5.74) is 6.91. The van der Waals surface area contributed by atoms with Gasteiger partial charge in [0.15, 0.2) is 0 Å². The largest absolute Gasteiger partial charge is 0.384 e. The van der Waals surface area contributed by atoms with Crippen LogP contribution < -0.4 is 5.73 Å². The maximum Gasteiger partial charge on any atom is 0.126 e. The first-order valence-corrected chi connectivity index (χ1v) is 4.57. The second-order valence-electron chi connectivity index (χ2n) is 3.45. The van der Waals surface area contributed by atoms with E-state index in [1.54, 1.807) is 0 Å². The van der Waals surface area contributed by atoms with Gasteiger partial charge in [-0.3, -0.25) is 0 Å². The molecule has 1 aliphatic carbocycles. The Kier molecular flexibility index (Phi) is 1.60. The monoisotopic (exact) mass is 165 g/mol. The Labute approximate surface area is 72.6 Å². The number of aromatic nitrogens is 2. The van der Waals surface area contributed by atoms with Gasteiger partial charge in [0.05, 0.1) is 5.69 Å². The van der Waals surface area contributed by atoms with Crippen LogP contribution in [-0.4, -0.2) is 9.55 Å². The summed E-state index contributed by atoms with van der Waals surface area (Å²) in [4.78, 5) is 4.43. The molecule has 0 radical (unpaired) electrons. The molecule has 1 heterocycles. The molecule has 0 saturated heterocycles. The van der Waals surface area contributed by atoms with Crippen molar-refractivity contribution in [3.8, 4) is 0 Å². The van der Waals surface area contributed by atoms with Crippen molar-refractivity contribution in [1.82, 2.24) is 9.55 Å². The molecule has 0 aromatic carbocycles. The van der Waals surface area contributed by atoms with Gasteiger partial charge in [-0.15, -0.1) is 0 Å². The predicted molar refractivity (Wildman–Crippen MR) is 49.0 cm³/mol. The molecule has 0 spiro atoms. The molecule has 12 heavy (non-hydrogen) atoms. The molecule has 0 amide bonds. The van der Waals surface area contributed by atoms with Crippen molar-refractivity contribution in [3.05, 3.63) is 11.5 Å². The maximum absolute atomic E-state index is 5.92. The van der Waals surface area contributed by atoms with Crippen LogP contribution in [0.4, 0.5) is 5.82 Å². The number of hydrogen-bond acceptors (Lipinski definition) is 2. The molecule has 66 valence electrons. The normalized spacial score (nSPS) is 16.8. The number of hydrogen-bond donors (Lipinski definition) is 1. The van der Waals surface area contributed by atoms with Crippen molar-refractivity contribution in [3.63, 3.8) is 0 Å². The van der Waals surface area contributed by atoms with Crippen LogP contribution in [0.25, 0.3) is 0 Å². The molecule has 1 fully saturated rings. The molecule has 2 N–H and O–H groups in total. The van der Waals surface area contributed by atoms with Gasteiger partial charge in [0.2, 0.25) is 0 Å². The SMILES string of the molecule is CCc1nc(C)c(N)n1C1CC1. The molecule has 0 aliphatic heterocycles.